The number of ketones is 1. The first-order valence-corrected chi connectivity index (χ1v) is 6.63. The number of halogens is 1. The Balaban J connectivity index is 2.29. The lowest BCUT2D eigenvalue weighted by Crippen LogP contribution is -2.26. The van der Waals surface area contributed by atoms with E-state index in [1.165, 1.54) is 25.5 Å². The monoisotopic (exact) mass is 249 g/mol. The number of rotatable bonds is 2. The predicted octanol–water partition coefficient (Wildman–Crippen LogP) is 3.65. The second-order valence-electron chi connectivity index (χ2n) is 5.24. The van der Waals surface area contributed by atoms with Crippen molar-refractivity contribution in [1.29, 1.82) is 0 Å². The van der Waals surface area contributed by atoms with Gasteiger partial charge in [-0.15, -0.1) is 0 Å². The summed E-state index contributed by atoms with van der Waals surface area (Å²) in [6.07, 6.45) is 3.50. The minimum atomic E-state index is -0.341. The van der Waals surface area contributed by atoms with E-state index in [9.17, 15) is 9.18 Å². The first-order chi connectivity index (χ1) is 8.58. The van der Waals surface area contributed by atoms with Crippen molar-refractivity contribution < 1.29 is 9.18 Å². The highest BCUT2D eigenvalue weighted by Crippen LogP contribution is 2.26. The first-order valence-electron chi connectivity index (χ1n) is 6.63. The predicted molar refractivity (Wildman–Crippen MR) is 71.6 cm³/mol. The maximum Gasteiger partial charge on any atom is 0.161 e. The quantitative estimate of drug-likeness (QED) is 0.746. The molecule has 3 heteroatoms. The largest absolute Gasteiger partial charge is 0.371 e. The van der Waals surface area contributed by atoms with Crippen molar-refractivity contribution in [1.82, 2.24) is 0 Å². The summed E-state index contributed by atoms with van der Waals surface area (Å²) in [6.45, 7) is 5.67. The lowest BCUT2D eigenvalue weighted by atomic mass is 10.0. The molecule has 1 aromatic rings. The third-order valence-corrected chi connectivity index (χ3v) is 3.70. The van der Waals surface area contributed by atoms with E-state index >= 15 is 0 Å². The van der Waals surface area contributed by atoms with Crippen molar-refractivity contribution in [2.24, 2.45) is 5.92 Å². The third-order valence-electron chi connectivity index (χ3n) is 3.70. The number of nitrogens with zero attached hydrogens (tertiary/aromatic N) is 1. The van der Waals surface area contributed by atoms with Gasteiger partial charge >= 0.3 is 0 Å². The van der Waals surface area contributed by atoms with Gasteiger partial charge in [0.25, 0.3) is 0 Å². The molecule has 18 heavy (non-hydrogen) atoms. The summed E-state index contributed by atoms with van der Waals surface area (Å²) in [6, 6.07) is 4.53. The van der Waals surface area contributed by atoms with Crippen molar-refractivity contribution in [2.45, 2.75) is 33.1 Å². The molecule has 0 amide bonds. The van der Waals surface area contributed by atoms with Crippen molar-refractivity contribution in [3.63, 3.8) is 0 Å². The molecule has 1 aromatic carbocycles. The summed E-state index contributed by atoms with van der Waals surface area (Å²) in [5.74, 6) is 0.324. The summed E-state index contributed by atoms with van der Waals surface area (Å²) < 4.78 is 13.2. The van der Waals surface area contributed by atoms with Crippen molar-refractivity contribution >= 4 is 11.5 Å². The van der Waals surface area contributed by atoms with Gasteiger partial charge in [-0.05, 0) is 50.3 Å². The maximum atomic E-state index is 13.2. The van der Waals surface area contributed by atoms with E-state index in [1.807, 2.05) is 0 Å². The standard InChI is InChI=1S/C15H20FNO/c1-11-4-3-8-17(9-7-11)15-6-5-13(16)10-14(15)12(2)18/h5-6,10-11H,3-4,7-9H2,1-2H3. The van der Waals surface area contributed by atoms with Crippen molar-refractivity contribution in [3.8, 4) is 0 Å². The molecule has 0 bridgehead atoms. The number of anilines is 1. The van der Waals surface area contributed by atoms with Gasteiger partial charge in [0.05, 0.1) is 0 Å². The Morgan fingerprint density at radius 3 is 2.83 bits per heavy atom. The zero-order chi connectivity index (χ0) is 13.1. The molecule has 98 valence electrons. The minimum Gasteiger partial charge on any atom is -0.371 e. The zero-order valence-electron chi connectivity index (χ0n) is 11.1. The molecule has 1 fully saturated rings. The van der Waals surface area contributed by atoms with Crippen LogP contribution in [0.2, 0.25) is 0 Å². The van der Waals surface area contributed by atoms with Crippen molar-refractivity contribution in [3.05, 3.63) is 29.6 Å². The van der Waals surface area contributed by atoms with E-state index in [4.69, 9.17) is 0 Å². The van der Waals surface area contributed by atoms with Crippen LogP contribution in [-0.2, 0) is 0 Å². The highest BCUT2D eigenvalue weighted by atomic mass is 19.1. The van der Waals surface area contributed by atoms with Crippen LogP contribution in [0.15, 0.2) is 18.2 Å². The van der Waals surface area contributed by atoms with E-state index < -0.39 is 0 Å². The van der Waals surface area contributed by atoms with Crippen LogP contribution in [0.25, 0.3) is 0 Å². The SMILES string of the molecule is CC(=O)c1cc(F)ccc1N1CCCC(C)CC1. The van der Waals surface area contributed by atoms with Gasteiger partial charge in [0.1, 0.15) is 5.82 Å². The lowest BCUT2D eigenvalue weighted by molar-refractivity contribution is 0.101. The Morgan fingerprint density at radius 1 is 1.33 bits per heavy atom. The molecule has 1 heterocycles. The molecule has 0 spiro atoms. The molecule has 0 N–H and O–H groups in total. The summed E-state index contributed by atoms with van der Waals surface area (Å²) in [5.41, 5.74) is 1.39. The fraction of sp³-hybridized carbons (Fsp3) is 0.533. The lowest BCUT2D eigenvalue weighted by Gasteiger charge is -2.25. The summed E-state index contributed by atoms with van der Waals surface area (Å²) in [7, 11) is 0. The number of benzene rings is 1. The van der Waals surface area contributed by atoms with Crippen LogP contribution in [0.5, 0.6) is 0 Å². The third kappa shape index (κ3) is 2.89. The molecule has 0 aliphatic carbocycles. The molecular formula is C15H20FNO. The molecule has 1 atom stereocenters. The molecule has 0 aromatic heterocycles. The number of carbonyl (C=O) groups excluding carboxylic acids is 1. The molecule has 2 nitrogen and oxygen atoms in total. The van der Waals surface area contributed by atoms with Gasteiger partial charge in [-0.25, -0.2) is 4.39 Å². The van der Waals surface area contributed by atoms with Gasteiger partial charge in [0.2, 0.25) is 0 Å². The Hall–Kier alpha value is -1.38. The second kappa shape index (κ2) is 5.51. The van der Waals surface area contributed by atoms with Crippen LogP contribution in [0.1, 0.15) is 43.5 Å². The summed E-state index contributed by atoms with van der Waals surface area (Å²) in [4.78, 5) is 13.8. The van der Waals surface area contributed by atoms with Crippen LogP contribution >= 0.6 is 0 Å². The Labute approximate surface area is 108 Å². The molecule has 1 unspecified atom stereocenters. The van der Waals surface area contributed by atoms with Gasteiger partial charge in [0, 0.05) is 24.3 Å². The first kappa shape index (κ1) is 13.1. The average Bonchev–Trinajstić information content (AvgIpc) is 2.54. The molecule has 0 saturated carbocycles. The number of hydrogen-bond acceptors (Lipinski definition) is 2. The fourth-order valence-electron chi connectivity index (χ4n) is 2.57. The van der Waals surface area contributed by atoms with E-state index in [2.05, 4.69) is 11.8 Å². The van der Waals surface area contributed by atoms with Crippen LogP contribution in [0.3, 0.4) is 0 Å². The Morgan fingerprint density at radius 2 is 2.11 bits per heavy atom. The van der Waals surface area contributed by atoms with Crippen LogP contribution in [0.4, 0.5) is 10.1 Å². The second-order valence-corrected chi connectivity index (χ2v) is 5.24. The fourth-order valence-corrected chi connectivity index (χ4v) is 2.57. The Kier molecular flexibility index (Phi) is 4.00. The molecule has 1 saturated heterocycles. The van der Waals surface area contributed by atoms with Gasteiger partial charge < -0.3 is 4.90 Å². The van der Waals surface area contributed by atoms with Gasteiger partial charge in [-0.2, -0.15) is 0 Å². The molecule has 1 aliphatic heterocycles. The summed E-state index contributed by atoms with van der Waals surface area (Å²) in [5, 5.41) is 0. The summed E-state index contributed by atoms with van der Waals surface area (Å²) >= 11 is 0. The van der Waals surface area contributed by atoms with Crippen LogP contribution in [0, 0.1) is 11.7 Å². The average molecular weight is 249 g/mol. The van der Waals surface area contributed by atoms with E-state index in [0.29, 0.717) is 5.56 Å². The normalized spacial score (nSPS) is 20.6. The number of hydrogen-bond donors (Lipinski definition) is 0. The van der Waals surface area contributed by atoms with Crippen LogP contribution < -0.4 is 4.90 Å². The zero-order valence-corrected chi connectivity index (χ0v) is 11.1. The highest BCUT2D eigenvalue weighted by Gasteiger charge is 2.18. The maximum absolute atomic E-state index is 13.2. The molecule has 1 aliphatic rings. The minimum absolute atomic E-state index is 0.0678. The molecular weight excluding hydrogens is 229 g/mol. The topological polar surface area (TPSA) is 20.3 Å². The highest BCUT2D eigenvalue weighted by molar-refractivity contribution is 5.99. The smallest absolute Gasteiger partial charge is 0.161 e. The molecule has 2 rings (SSSR count). The Bertz CT molecular complexity index is 444. The van der Waals surface area contributed by atoms with Gasteiger partial charge in [-0.3, -0.25) is 4.79 Å². The van der Waals surface area contributed by atoms with E-state index in [1.54, 1.807) is 6.07 Å². The van der Waals surface area contributed by atoms with E-state index in [-0.39, 0.29) is 11.6 Å². The van der Waals surface area contributed by atoms with Crippen molar-refractivity contribution in [2.75, 3.05) is 18.0 Å². The number of Topliss-reactive ketones (excluding diaryl/α,β-unsaturated/α-hetero) is 1. The van der Waals surface area contributed by atoms with Gasteiger partial charge in [0.15, 0.2) is 5.78 Å². The number of carbonyl (C=O) groups is 1. The van der Waals surface area contributed by atoms with E-state index in [0.717, 1.165) is 37.5 Å². The molecule has 0 radical (unpaired) electrons. The van der Waals surface area contributed by atoms with Gasteiger partial charge in [-0.1, -0.05) is 6.92 Å². The van der Waals surface area contributed by atoms with Crippen LogP contribution in [-0.4, -0.2) is 18.9 Å².